The maximum Gasteiger partial charge on any atom is 0.410 e. The van der Waals surface area contributed by atoms with Crippen molar-refractivity contribution in [1.29, 1.82) is 0 Å². The van der Waals surface area contributed by atoms with E-state index in [-0.39, 0.29) is 12.1 Å². The van der Waals surface area contributed by atoms with Crippen LogP contribution < -0.4 is 0 Å². The van der Waals surface area contributed by atoms with Gasteiger partial charge in [0.25, 0.3) is 0 Å². The Bertz CT molecular complexity index is 595. The van der Waals surface area contributed by atoms with Crippen LogP contribution in [0.3, 0.4) is 0 Å². The molecule has 0 unspecified atom stereocenters. The smallest absolute Gasteiger partial charge is 0.410 e. The van der Waals surface area contributed by atoms with Crippen molar-refractivity contribution in [2.75, 3.05) is 32.8 Å². The standard InChI is InChI=1S/C22H34N2O3/c1-22(2,3)27-21(25)24-13-12-23(15-18-7-5-4-6-8-18)16-20(24)11-14-26-17-19-9-10-19/h4-8,19-20H,9-17H2,1-3H3/t20-/m1/s1. The van der Waals surface area contributed by atoms with Crippen LogP contribution in [0.2, 0.25) is 0 Å². The molecule has 150 valence electrons. The zero-order chi connectivity index (χ0) is 19.3. The van der Waals surface area contributed by atoms with Crippen LogP contribution in [0, 0.1) is 5.92 Å². The Labute approximate surface area is 163 Å². The van der Waals surface area contributed by atoms with Crippen LogP contribution in [0.1, 0.15) is 45.6 Å². The van der Waals surface area contributed by atoms with E-state index >= 15 is 0 Å². The van der Waals surface area contributed by atoms with Crippen LogP contribution in [-0.4, -0.2) is 60.4 Å². The minimum atomic E-state index is -0.467. The van der Waals surface area contributed by atoms with Crippen molar-refractivity contribution in [2.24, 2.45) is 5.92 Å². The third-order valence-corrected chi connectivity index (χ3v) is 5.09. The van der Waals surface area contributed by atoms with Gasteiger partial charge in [-0.25, -0.2) is 4.79 Å². The second kappa shape index (κ2) is 9.07. The van der Waals surface area contributed by atoms with Crippen molar-refractivity contribution in [3.8, 4) is 0 Å². The monoisotopic (exact) mass is 374 g/mol. The summed E-state index contributed by atoms with van der Waals surface area (Å²) in [4.78, 5) is 17.0. The molecule has 1 saturated heterocycles. The molecule has 0 spiro atoms. The van der Waals surface area contributed by atoms with Gasteiger partial charge in [0.1, 0.15) is 5.60 Å². The molecule has 27 heavy (non-hydrogen) atoms. The summed E-state index contributed by atoms with van der Waals surface area (Å²) in [5.74, 6) is 0.771. The Morgan fingerprint density at radius 2 is 1.89 bits per heavy atom. The van der Waals surface area contributed by atoms with Gasteiger partial charge in [-0.3, -0.25) is 4.90 Å². The number of hydrogen-bond acceptors (Lipinski definition) is 4. The van der Waals surface area contributed by atoms with Crippen molar-refractivity contribution in [1.82, 2.24) is 9.80 Å². The number of piperazine rings is 1. The van der Waals surface area contributed by atoms with E-state index in [1.54, 1.807) is 0 Å². The molecule has 0 N–H and O–H groups in total. The lowest BCUT2D eigenvalue weighted by Crippen LogP contribution is -2.56. The summed E-state index contributed by atoms with van der Waals surface area (Å²) in [6, 6.07) is 10.7. The lowest BCUT2D eigenvalue weighted by molar-refractivity contribution is -0.00938. The number of hydrogen-bond donors (Lipinski definition) is 0. The van der Waals surface area contributed by atoms with Crippen molar-refractivity contribution >= 4 is 6.09 Å². The molecule has 1 aromatic rings. The molecular weight excluding hydrogens is 340 g/mol. The predicted octanol–water partition coefficient (Wildman–Crippen LogP) is 3.92. The van der Waals surface area contributed by atoms with E-state index in [0.717, 1.165) is 38.6 Å². The summed E-state index contributed by atoms with van der Waals surface area (Å²) in [6.45, 7) is 10.7. The van der Waals surface area contributed by atoms with Gasteiger partial charge >= 0.3 is 6.09 Å². The maximum atomic E-state index is 12.7. The minimum absolute atomic E-state index is 0.136. The van der Waals surface area contributed by atoms with Gasteiger partial charge < -0.3 is 14.4 Å². The molecule has 5 heteroatoms. The lowest BCUT2D eigenvalue weighted by atomic mass is 10.1. The highest BCUT2D eigenvalue weighted by Gasteiger charge is 2.33. The van der Waals surface area contributed by atoms with Crippen LogP contribution in [-0.2, 0) is 16.0 Å². The van der Waals surface area contributed by atoms with Crippen LogP contribution in [0.5, 0.6) is 0 Å². The summed E-state index contributed by atoms with van der Waals surface area (Å²) < 4.78 is 11.5. The summed E-state index contributed by atoms with van der Waals surface area (Å²) in [7, 11) is 0. The zero-order valence-electron chi connectivity index (χ0n) is 17.0. The van der Waals surface area contributed by atoms with Crippen molar-refractivity contribution in [2.45, 2.75) is 58.2 Å². The van der Waals surface area contributed by atoms with Gasteiger partial charge in [0.05, 0.1) is 0 Å². The van der Waals surface area contributed by atoms with Crippen molar-refractivity contribution in [3.05, 3.63) is 35.9 Å². The second-order valence-electron chi connectivity index (χ2n) is 8.86. The molecule has 2 aliphatic rings. The number of carbonyl (C=O) groups excluding carboxylic acids is 1. The SMILES string of the molecule is CC(C)(C)OC(=O)N1CCN(Cc2ccccc2)C[C@H]1CCOCC1CC1. The molecule has 2 fully saturated rings. The highest BCUT2D eigenvalue weighted by molar-refractivity contribution is 5.68. The van der Waals surface area contributed by atoms with E-state index in [9.17, 15) is 4.79 Å². The normalized spacial score (nSPS) is 21.3. The van der Waals surface area contributed by atoms with Gasteiger partial charge in [-0.05, 0) is 51.5 Å². The first-order valence-corrected chi connectivity index (χ1v) is 10.2. The first kappa shape index (κ1) is 20.2. The van der Waals surface area contributed by atoms with Crippen LogP contribution in [0.15, 0.2) is 30.3 Å². The summed E-state index contributed by atoms with van der Waals surface area (Å²) in [5.41, 5.74) is 0.845. The summed E-state index contributed by atoms with van der Waals surface area (Å²) in [5, 5.41) is 0. The zero-order valence-corrected chi connectivity index (χ0v) is 17.0. The fourth-order valence-corrected chi connectivity index (χ4v) is 3.47. The Hall–Kier alpha value is -1.59. The van der Waals surface area contributed by atoms with Gasteiger partial charge in [-0.2, -0.15) is 0 Å². The van der Waals surface area contributed by atoms with E-state index in [2.05, 4.69) is 29.2 Å². The molecule has 5 nitrogen and oxygen atoms in total. The van der Waals surface area contributed by atoms with Crippen LogP contribution in [0.4, 0.5) is 4.79 Å². The number of nitrogens with zero attached hydrogens (tertiary/aromatic N) is 2. The number of benzene rings is 1. The summed E-state index contributed by atoms with van der Waals surface area (Å²) in [6.07, 6.45) is 3.27. The van der Waals surface area contributed by atoms with Crippen molar-refractivity contribution in [3.63, 3.8) is 0 Å². The molecule has 0 radical (unpaired) electrons. The van der Waals surface area contributed by atoms with Crippen LogP contribution >= 0.6 is 0 Å². The average Bonchev–Trinajstić information content (AvgIpc) is 3.42. The van der Waals surface area contributed by atoms with E-state index in [1.165, 1.54) is 18.4 Å². The predicted molar refractivity (Wildman–Crippen MR) is 107 cm³/mol. The number of carbonyl (C=O) groups is 1. The molecule has 1 aliphatic carbocycles. The van der Waals surface area contributed by atoms with E-state index in [0.29, 0.717) is 13.2 Å². The van der Waals surface area contributed by atoms with Gasteiger partial charge in [-0.1, -0.05) is 30.3 Å². The van der Waals surface area contributed by atoms with Gasteiger partial charge in [0, 0.05) is 45.4 Å². The Kier molecular flexibility index (Phi) is 6.77. The van der Waals surface area contributed by atoms with Gasteiger partial charge in [0.2, 0.25) is 0 Å². The highest BCUT2D eigenvalue weighted by Crippen LogP contribution is 2.29. The fourth-order valence-electron chi connectivity index (χ4n) is 3.47. The third kappa shape index (κ3) is 6.82. The number of ether oxygens (including phenoxy) is 2. The molecule has 3 rings (SSSR count). The Balaban J connectivity index is 1.57. The first-order chi connectivity index (χ1) is 12.9. The molecule has 0 bridgehead atoms. The lowest BCUT2D eigenvalue weighted by Gasteiger charge is -2.41. The topological polar surface area (TPSA) is 42.0 Å². The van der Waals surface area contributed by atoms with Crippen LogP contribution in [0.25, 0.3) is 0 Å². The Morgan fingerprint density at radius 3 is 2.56 bits per heavy atom. The Morgan fingerprint density at radius 1 is 1.15 bits per heavy atom. The molecule has 1 aromatic carbocycles. The molecule has 0 aromatic heterocycles. The minimum Gasteiger partial charge on any atom is -0.444 e. The average molecular weight is 375 g/mol. The summed E-state index contributed by atoms with van der Waals surface area (Å²) >= 11 is 0. The molecule has 1 saturated carbocycles. The third-order valence-electron chi connectivity index (χ3n) is 5.09. The van der Waals surface area contributed by atoms with E-state index in [4.69, 9.17) is 9.47 Å². The first-order valence-electron chi connectivity index (χ1n) is 10.2. The molecule has 1 heterocycles. The van der Waals surface area contributed by atoms with E-state index in [1.807, 2.05) is 31.7 Å². The molecule has 1 aliphatic heterocycles. The van der Waals surface area contributed by atoms with Crippen molar-refractivity contribution < 1.29 is 14.3 Å². The number of amides is 1. The second-order valence-corrected chi connectivity index (χ2v) is 8.86. The largest absolute Gasteiger partial charge is 0.444 e. The molecule has 1 atom stereocenters. The maximum absolute atomic E-state index is 12.7. The van der Waals surface area contributed by atoms with Gasteiger partial charge in [0.15, 0.2) is 0 Å². The fraction of sp³-hybridized carbons (Fsp3) is 0.682. The van der Waals surface area contributed by atoms with E-state index < -0.39 is 5.60 Å². The molecular formula is C22H34N2O3. The quantitative estimate of drug-likeness (QED) is 0.678. The number of rotatable bonds is 7. The molecule has 1 amide bonds. The van der Waals surface area contributed by atoms with Gasteiger partial charge in [-0.15, -0.1) is 0 Å². The highest BCUT2D eigenvalue weighted by atomic mass is 16.6.